The second kappa shape index (κ2) is 9.17. The molecule has 1 N–H and O–H groups in total. The van der Waals surface area contributed by atoms with E-state index in [0.29, 0.717) is 16.4 Å². The van der Waals surface area contributed by atoms with E-state index in [9.17, 15) is 4.79 Å². The van der Waals surface area contributed by atoms with Crippen LogP contribution in [-0.4, -0.2) is 29.0 Å². The number of benzene rings is 2. The van der Waals surface area contributed by atoms with Crippen molar-refractivity contribution in [2.45, 2.75) is 4.34 Å². The number of hydrogen-bond donors (Lipinski definition) is 1. The maximum atomic E-state index is 12.3. The molecule has 0 radical (unpaired) electrons. The van der Waals surface area contributed by atoms with Gasteiger partial charge in [-0.1, -0.05) is 71.6 Å². The zero-order valence-electron chi connectivity index (χ0n) is 14.1. The highest BCUT2D eigenvalue weighted by Gasteiger charge is 2.11. The number of nitrogens with zero attached hydrogens (tertiary/aromatic N) is 2. The lowest BCUT2D eigenvalue weighted by Gasteiger charge is -2.03. The molecule has 0 aliphatic carbocycles. The molecule has 0 bridgehead atoms. The lowest BCUT2D eigenvalue weighted by molar-refractivity contribution is 0.102. The van der Waals surface area contributed by atoms with Gasteiger partial charge in [0.05, 0.1) is 7.11 Å². The molecular formula is C19H17N3O2S2. The van der Waals surface area contributed by atoms with Crippen molar-refractivity contribution in [2.24, 2.45) is 0 Å². The van der Waals surface area contributed by atoms with Gasteiger partial charge in [0.2, 0.25) is 5.13 Å². The maximum absolute atomic E-state index is 12.3. The fourth-order valence-electron chi connectivity index (χ4n) is 2.12. The summed E-state index contributed by atoms with van der Waals surface area (Å²) in [5, 5.41) is 11.4. The van der Waals surface area contributed by atoms with Crippen LogP contribution in [-0.2, 0) is 0 Å². The molecule has 2 aromatic carbocycles. The molecule has 5 nitrogen and oxygen atoms in total. The van der Waals surface area contributed by atoms with Crippen molar-refractivity contribution in [3.8, 4) is 5.75 Å². The van der Waals surface area contributed by atoms with Crippen LogP contribution in [0.3, 0.4) is 0 Å². The smallest absolute Gasteiger partial charge is 0.257 e. The predicted octanol–water partition coefficient (Wildman–Crippen LogP) is 4.60. The molecule has 1 amide bonds. The largest absolute Gasteiger partial charge is 0.497 e. The molecule has 0 unspecified atom stereocenters. The summed E-state index contributed by atoms with van der Waals surface area (Å²) >= 11 is 2.93. The third-order valence-corrected chi connectivity index (χ3v) is 5.30. The Labute approximate surface area is 160 Å². The van der Waals surface area contributed by atoms with Crippen molar-refractivity contribution in [2.75, 3.05) is 18.2 Å². The molecule has 132 valence electrons. The van der Waals surface area contributed by atoms with Crippen LogP contribution in [0.2, 0.25) is 0 Å². The first-order chi connectivity index (χ1) is 12.7. The highest BCUT2D eigenvalue weighted by molar-refractivity contribution is 8.01. The van der Waals surface area contributed by atoms with Gasteiger partial charge in [0.15, 0.2) is 4.34 Å². The lowest BCUT2D eigenvalue weighted by atomic mass is 10.2. The zero-order valence-corrected chi connectivity index (χ0v) is 15.7. The van der Waals surface area contributed by atoms with Gasteiger partial charge in [0.25, 0.3) is 5.91 Å². The lowest BCUT2D eigenvalue weighted by Crippen LogP contribution is -2.11. The molecule has 0 saturated carbocycles. The Balaban J connectivity index is 1.52. The fraction of sp³-hybridized carbons (Fsp3) is 0.105. The quantitative estimate of drug-likeness (QED) is 0.477. The average Bonchev–Trinajstić information content (AvgIpc) is 3.13. The van der Waals surface area contributed by atoms with Crippen LogP contribution in [0.25, 0.3) is 6.08 Å². The minimum absolute atomic E-state index is 0.236. The van der Waals surface area contributed by atoms with Gasteiger partial charge in [-0.05, 0) is 23.8 Å². The topological polar surface area (TPSA) is 64.1 Å². The van der Waals surface area contributed by atoms with Gasteiger partial charge in [-0.15, -0.1) is 10.2 Å². The monoisotopic (exact) mass is 383 g/mol. The Kier molecular flexibility index (Phi) is 6.40. The Morgan fingerprint density at radius 3 is 2.85 bits per heavy atom. The number of methoxy groups -OCH3 is 1. The van der Waals surface area contributed by atoms with Crippen LogP contribution in [0.1, 0.15) is 15.9 Å². The summed E-state index contributed by atoms with van der Waals surface area (Å²) in [6, 6.07) is 17.1. The van der Waals surface area contributed by atoms with E-state index in [1.165, 1.54) is 11.3 Å². The van der Waals surface area contributed by atoms with Crippen LogP contribution >= 0.6 is 23.1 Å². The first-order valence-corrected chi connectivity index (χ1v) is 9.68. The van der Waals surface area contributed by atoms with Crippen LogP contribution in [0.4, 0.5) is 5.13 Å². The molecule has 0 spiro atoms. The third kappa shape index (κ3) is 5.18. The molecule has 1 heterocycles. The number of anilines is 1. The Morgan fingerprint density at radius 2 is 2.04 bits per heavy atom. The van der Waals surface area contributed by atoms with Gasteiger partial charge in [0, 0.05) is 11.3 Å². The van der Waals surface area contributed by atoms with Crippen LogP contribution < -0.4 is 10.1 Å². The highest BCUT2D eigenvalue weighted by Crippen LogP contribution is 2.26. The van der Waals surface area contributed by atoms with E-state index in [-0.39, 0.29) is 5.91 Å². The van der Waals surface area contributed by atoms with Gasteiger partial charge in [-0.3, -0.25) is 10.1 Å². The summed E-state index contributed by atoms with van der Waals surface area (Å²) in [5.41, 5.74) is 1.68. The Morgan fingerprint density at radius 1 is 1.19 bits per heavy atom. The Bertz CT molecular complexity index is 895. The SMILES string of the molecule is COc1cccc(C(=O)Nc2nnc(SC/C=C/c3ccccc3)s2)c1. The molecule has 0 saturated heterocycles. The van der Waals surface area contributed by atoms with Crippen molar-refractivity contribution >= 4 is 40.2 Å². The number of rotatable bonds is 7. The summed E-state index contributed by atoms with van der Waals surface area (Å²) in [7, 11) is 1.57. The summed E-state index contributed by atoms with van der Waals surface area (Å²) in [4.78, 5) is 12.3. The van der Waals surface area contributed by atoms with Gasteiger partial charge in [-0.2, -0.15) is 0 Å². The van der Waals surface area contributed by atoms with Crippen molar-refractivity contribution in [1.82, 2.24) is 10.2 Å². The molecule has 0 aliphatic rings. The number of ether oxygens (including phenoxy) is 1. The average molecular weight is 383 g/mol. The van der Waals surface area contributed by atoms with Crippen LogP contribution in [0.5, 0.6) is 5.75 Å². The number of nitrogens with one attached hydrogen (secondary N) is 1. The van der Waals surface area contributed by atoms with Crippen molar-refractivity contribution in [3.05, 3.63) is 71.8 Å². The number of carbonyl (C=O) groups is 1. The second-order valence-corrected chi connectivity index (χ2v) is 7.43. The number of hydrogen-bond acceptors (Lipinski definition) is 6. The van der Waals surface area contributed by atoms with E-state index in [2.05, 4.69) is 39.8 Å². The molecule has 7 heteroatoms. The molecule has 0 aliphatic heterocycles. The van der Waals surface area contributed by atoms with E-state index in [1.807, 2.05) is 18.2 Å². The second-order valence-electron chi connectivity index (χ2n) is 5.18. The van der Waals surface area contributed by atoms with Gasteiger partial charge in [0.1, 0.15) is 5.75 Å². The van der Waals surface area contributed by atoms with E-state index >= 15 is 0 Å². The number of carbonyl (C=O) groups excluding carboxylic acids is 1. The summed E-state index contributed by atoms with van der Waals surface area (Å²) in [6.07, 6.45) is 4.15. The molecule has 3 rings (SSSR count). The predicted molar refractivity (Wildman–Crippen MR) is 107 cm³/mol. The zero-order chi connectivity index (χ0) is 18.2. The molecule has 0 fully saturated rings. The molecule has 0 atom stereocenters. The van der Waals surface area contributed by atoms with Gasteiger partial charge in [-0.25, -0.2) is 0 Å². The highest BCUT2D eigenvalue weighted by atomic mass is 32.2. The van der Waals surface area contributed by atoms with E-state index in [0.717, 1.165) is 15.7 Å². The van der Waals surface area contributed by atoms with E-state index in [1.54, 1.807) is 43.1 Å². The standard InChI is InChI=1S/C19H17N3O2S2/c1-24-16-11-5-10-15(13-16)17(23)20-18-21-22-19(26-18)25-12-6-9-14-7-3-2-4-8-14/h2-11,13H,12H2,1H3,(H,20,21,23)/b9-6+. The summed E-state index contributed by atoms with van der Waals surface area (Å²) in [5.74, 6) is 1.19. The van der Waals surface area contributed by atoms with Gasteiger partial charge >= 0.3 is 0 Å². The molecular weight excluding hydrogens is 366 g/mol. The number of thioether (sulfide) groups is 1. The first-order valence-electron chi connectivity index (χ1n) is 7.88. The summed E-state index contributed by atoms with van der Waals surface area (Å²) < 4.78 is 5.94. The molecule has 1 aromatic heterocycles. The molecule has 3 aromatic rings. The third-order valence-electron chi connectivity index (χ3n) is 3.37. The van der Waals surface area contributed by atoms with Crippen molar-refractivity contribution < 1.29 is 9.53 Å². The summed E-state index contributed by atoms with van der Waals surface area (Å²) in [6.45, 7) is 0. The van der Waals surface area contributed by atoms with E-state index < -0.39 is 0 Å². The fourth-order valence-corrected chi connectivity index (χ4v) is 3.70. The van der Waals surface area contributed by atoms with Crippen molar-refractivity contribution in [1.29, 1.82) is 0 Å². The molecule has 26 heavy (non-hydrogen) atoms. The van der Waals surface area contributed by atoms with Crippen LogP contribution in [0, 0.1) is 0 Å². The number of aromatic nitrogens is 2. The minimum Gasteiger partial charge on any atom is -0.497 e. The van der Waals surface area contributed by atoms with Gasteiger partial charge < -0.3 is 4.74 Å². The van der Waals surface area contributed by atoms with Crippen LogP contribution in [0.15, 0.2) is 65.0 Å². The maximum Gasteiger partial charge on any atom is 0.257 e. The first kappa shape index (κ1) is 18.2. The normalized spacial score (nSPS) is 10.8. The minimum atomic E-state index is -0.236. The Hall–Kier alpha value is -2.64. The number of amides is 1. The van der Waals surface area contributed by atoms with E-state index in [4.69, 9.17) is 4.74 Å². The van der Waals surface area contributed by atoms with Crippen molar-refractivity contribution in [3.63, 3.8) is 0 Å².